The molecule has 0 bridgehead atoms. The summed E-state index contributed by atoms with van der Waals surface area (Å²) < 4.78 is 0. The lowest BCUT2D eigenvalue weighted by Gasteiger charge is -2.13. The van der Waals surface area contributed by atoms with Gasteiger partial charge in [-0.3, -0.25) is 10.4 Å². The fraction of sp³-hybridized carbons (Fsp3) is 0. The van der Waals surface area contributed by atoms with Crippen molar-refractivity contribution >= 4 is 22.9 Å². The van der Waals surface area contributed by atoms with Crippen LogP contribution in [0.25, 0.3) is 11.3 Å². The number of hydrogen-bond donors (Lipinski definition) is 4. The molecule has 0 aliphatic heterocycles. The molecule has 1 aromatic carbocycles. The standard InChI is InChI=1S/C18H17N7/c19-16(11-6-2-1-3-7-11)15(13-8-4-5-9-23-13)14-10-12(17(20)21)18(22)25-24-14/h1-10H,19H2,(H3,20,21)(H2,22,25). The molecule has 25 heavy (non-hydrogen) atoms. The third-order valence-electron chi connectivity index (χ3n) is 3.64. The Labute approximate surface area is 144 Å². The summed E-state index contributed by atoms with van der Waals surface area (Å²) in [7, 11) is 0. The monoisotopic (exact) mass is 331 g/mol. The second-order valence-corrected chi connectivity index (χ2v) is 5.31. The molecule has 0 amide bonds. The Morgan fingerprint density at radius 1 is 0.880 bits per heavy atom. The normalized spacial score (nSPS) is 11.7. The molecule has 7 N–H and O–H groups in total. The maximum Gasteiger partial charge on any atom is 0.157 e. The summed E-state index contributed by atoms with van der Waals surface area (Å²) in [5.41, 5.74) is 21.1. The minimum atomic E-state index is -0.188. The van der Waals surface area contributed by atoms with E-state index in [-0.39, 0.29) is 11.7 Å². The van der Waals surface area contributed by atoms with Crippen LogP contribution in [0.4, 0.5) is 5.82 Å². The van der Waals surface area contributed by atoms with Crippen LogP contribution in [-0.4, -0.2) is 21.0 Å². The van der Waals surface area contributed by atoms with Crippen molar-refractivity contribution in [2.45, 2.75) is 0 Å². The van der Waals surface area contributed by atoms with Gasteiger partial charge in [-0.2, -0.15) is 0 Å². The van der Waals surface area contributed by atoms with Crippen LogP contribution in [0.5, 0.6) is 0 Å². The van der Waals surface area contributed by atoms with Gasteiger partial charge < -0.3 is 17.2 Å². The third-order valence-corrected chi connectivity index (χ3v) is 3.64. The van der Waals surface area contributed by atoms with Crippen LogP contribution in [0.1, 0.15) is 22.5 Å². The molecule has 0 radical (unpaired) electrons. The minimum Gasteiger partial charge on any atom is -0.398 e. The van der Waals surface area contributed by atoms with Gasteiger partial charge in [0, 0.05) is 6.20 Å². The molecule has 7 heteroatoms. The quantitative estimate of drug-likeness (QED) is 0.423. The number of aromatic nitrogens is 3. The summed E-state index contributed by atoms with van der Waals surface area (Å²) in [6.45, 7) is 0. The Hall–Kier alpha value is -3.74. The van der Waals surface area contributed by atoms with Gasteiger partial charge in [0.05, 0.1) is 28.2 Å². The van der Waals surface area contributed by atoms with E-state index in [1.807, 2.05) is 48.5 Å². The van der Waals surface area contributed by atoms with E-state index in [1.54, 1.807) is 12.3 Å². The number of pyridine rings is 1. The Balaban J connectivity index is 2.27. The van der Waals surface area contributed by atoms with Crippen molar-refractivity contribution in [3.8, 4) is 0 Å². The molecular weight excluding hydrogens is 314 g/mol. The van der Waals surface area contributed by atoms with Crippen LogP contribution >= 0.6 is 0 Å². The lowest BCUT2D eigenvalue weighted by atomic mass is 9.99. The molecule has 0 unspecified atom stereocenters. The Morgan fingerprint density at radius 3 is 2.24 bits per heavy atom. The largest absolute Gasteiger partial charge is 0.398 e. The van der Waals surface area contributed by atoms with E-state index < -0.39 is 0 Å². The van der Waals surface area contributed by atoms with Crippen LogP contribution < -0.4 is 17.2 Å². The summed E-state index contributed by atoms with van der Waals surface area (Å²) in [4.78, 5) is 4.38. The molecule has 0 fully saturated rings. The summed E-state index contributed by atoms with van der Waals surface area (Å²) >= 11 is 0. The van der Waals surface area contributed by atoms with Crippen molar-refractivity contribution in [3.05, 3.63) is 83.3 Å². The van der Waals surface area contributed by atoms with E-state index in [4.69, 9.17) is 22.6 Å². The molecule has 124 valence electrons. The molecule has 2 aromatic heterocycles. The molecule has 3 rings (SSSR count). The Bertz CT molecular complexity index is 934. The lowest BCUT2D eigenvalue weighted by molar-refractivity contribution is 1.01. The molecule has 0 saturated carbocycles. The number of nitrogens with zero attached hydrogens (tertiary/aromatic N) is 3. The first-order valence-electron chi connectivity index (χ1n) is 7.52. The zero-order valence-electron chi connectivity index (χ0n) is 13.3. The van der Waals surface area contributed by atoms with Crippen molar-refractivity contribution in [1.29, 1.82) is 5.41 Å². The highest BCUT2D eigenvalue weighted by Gasteiger charge is 2.17. The molecule has 0 saturated heterocycles. The second-order valence-electron chi connectivity index (χ2n) is 5.31. The van der Waals surface area contributed by atoms with E-state index in [0.717, 1.165) is 5.56 Å². The van der Waals surface area contributed by atoms with Gasteiger partial charge in [0.25, 0.3) is 0 Å². The molecular formula is C18H17N7. The fourth-order valence-electron chi connectivity index (χ4n) is 2.42. The van der Waals surface area contributed by atoms with Crippen molar-refractivity contribution in [2.24, 2.45) is 11.5 Å². The summed E-state index contributed by atoms with van der Waals surface area (Å²) in [6, 6.07) is 16.6. The van der Waals surface area contributed by atoms with Crippen molar-refractivity contribution < 1.29 is 0 Å². The maximum atomic E-state index is 7.66. The number of nitrogens with two attached hydrogens (primary N) is 3. The number of hydrogen-bond acceptors (Lipinski definition) is 6. The predicted molar refractivity (Wildman–Crippen MR) is 98.2 cm³/mol. The van der Waals surface area contributed by atoms with Crippen LogP contribution in [0.2, 0.25) is 0 Å². The topological polar surface area (TPSA) is 141 Å². The number of amidine groups is 1. The zero-order valence-corrected chi connectivity index (χ0v) is 13.3. The zero-order chi connectivity index (χ0) is 17.8. The Kier molecular flexibility index (Phi) is 4.38. The molecule has 7 nitrogen and oxygen atoms in total. The SMILES string of the molecule is N=C(N)c1cc(C(=C(N)c2ccccc2)c2ccccn2)nnc1N. The number of nitrogen functional groups attached to an aromatic ring is 2. The number of nitrogens with one attached hydrogen (secondary N) is 1. The molecule has 3 aromatic rings. The first-order valence-corrected chi connectivity index (χ1v) is 7.52. The van der Waals surface area contributed by atoms with Crippen molar-refractivity contribution in [3.63, 3.8) is 0 Å². The number of benzene rings is 1. The minimum absolute atomic E-state index is 0.0925. The predicted octanol–water partition coefficient (Wildman–Crippen LogP) is 1.61. The number of anilines is 1. The van der Waals surface area contributed by atoms with E-state index in [0.29, 0.717) is 28.2 Å². The number of rotatable bonds is 4. The smallest absolute Gasteiger partial charge is 0.157 e. The van der Waals surface area contributed by atoms with Crippen LogP contribution in [0, 0.1) is 5.41 Å². The molecule has 2 heterocycles. The van der Waals surface area contributed by atoms with Crippen LogP contribution in [-0.2, 0) is 0 Å². The Morgan fingerprint density at radius 2 is 1.60 bits per heavy atom. The van der Waals surface area contributed by atoms with Crippen LogP contribution in [0.15, 0.2) is 60.8 Å². The summed E-state index contributed by atoms with van der Waals surface area (Å²) in [5.74, 6) is -0.0952. The summed E-state index contributed by atoms with van der Waals surface area (Å²) in [5, 5.41) is 15.7. The molecule has 0 aliphatic carbocycles. The molecule has 0 aliphatic rings. The maximum absolute atomic E-state index is 7.66. The first-order chi connectivity index (χ1) is 12.1. The van der Waals surface area contributed by atoms with Crippen LogP contribution in [0.3, 0.4) is 0 Å². The van der Waals surface area contributed by atoms with Gasteiger partial charge in [0.15, 0.2) is 5.82 Å². The van der Waals surface area contributed by atoms with E-state index in [1.165, 1.54) is 0 Å². The second kappa shape index (κ2) is 6.79. The van der Waals surface area contributed by atoms with Gasteiger partial charge in [0.1, 0.15) is 5.84 Å². The first kappa shape index (κ1) is 16.1. The van der Waals surface area contributed by atoms with Gasteiger partial charge in [-0.15, -0.1) is 10.2 Å². The average molecular weight is 331 g/mol. The molecule has 0 atom stereocenters. The molecule has 0 spiro atoms. The van der Waals surface area contributed by atoms with Gasteiger partial charge in [-0.1, -0.05) is 36.4 Å². The van der Waals surface area contributed by atoms with Gasteiger partial charge in [-0.25, -0.2) is 0 Å². The van der Waals surface area contributed by atoms with Crippen molar-refractivity contribution in [1.82, 2.24) is 15.2 Å². The lowest BCUT2D eigenvalue weighted by Crippen LogP contribution is -2.16. The third kappa shape index (κ3) is 3.30. The van der Waals surface area contributed by atoms with Gasteiger partial charge in [-0.05, 0) is 23.8 Å². The van der Waals surface area contributed by atoms with Gasteiger partial charge in [0.2, 0.25) is 0 Å². The average Bonchev–Trinajstić information content (AvgIpc) is 2.64. The highest BCUT2D eigenvalue weighted by molar-refractivity contribution is 6.01. The van der Waals surface area contributed by atoms with Gasteiger partial charge >= 0.3 is 0 Å². The fourth-order valence-corrected chi connectivity index (χ4v) is 2.42. The van der Waals surface area contributed by atoms with Crippen molar-refractivity contribution in [2.75, 3.05) is 5.73 Å². The van der Waals surface area contributed by atoms with E-state index in [2.05, 4.69) is 15.2 Å². The summed E-state index contributed by atoms with van der Waals surface area (Å²) in [6.07, 6.45) is 1.67. The highest BCUT2D eigenvalue weighted by atomic mass is 15.1. The van der Waals surface area contributed by atoms with E-state index in [9.17, 15) is 0 Å². The van der Waals surface area contributed by atoms with E-state index >= 15 is 0 Å². The highest BCUT2D eigenvalue weighted by Crippen LogP contribution is 2.27.